The number of rotatable bonds is 6. The van der Waals surface area contributed by atoms with Crippen molar-refractivity contribution in [3.05, 3.63) is 111 Å². The molecule has 0 atom stereocenters. The lowest BCUT2D eigenvalue weighted by molar-refractivity contribution is -0.384. The van der Waals surface area contributed by atoms with Crippen molar-refractivity contribution >= 4 is 46.0 Å². The number of hydrogen-bond donors (Lipinski definition) is 0. The summed E-state index contributed by atoms with van der Waals surface area (Å²) in [5, 5.41) is 11.8. The summed E-state index contributed by atoms with van der Waals surface area (Å²) in [6.07, 6.45) is 1.65. The Bertz CT molecular complexity index is 1590. The second-order valence-electron chi connectivity index (χ2n) is 8.66. The van der Waals surface area contributed by atoms with Crippen molar-refractivity contribution in [2.45, 2.75) is 13.8 Å². The van der Waals surface area contributed by atoms with Crippen LogP contribution in [0.3, 0.4) is 0 Å². The van der Waals surface area contributed by atoms with Gasteiger partial charge in [-0.15, -0.1) is 0 Å². The van der Waals surface area contributed by atoms with Crippen molar-refractivity contribution in [2.75, 3.05) is 12.0 Å². The van der Waals surface area contributed by atoms with Crippen molar-refractivity contribution in [3.63, 3.8) is 0 Å². The van der Waals surface area contributed by atoms with E-state index >= 15 is 0 Å². The number of carbonyl (C=O) groups is 1. The molecule has 5 rings (SSSR count). The summed E-state index contributed by atoms with van der Waals surface area (Å²) in [4.78, 5) is 31.1. The normalized spacial score (nSPS) is 15.4. The monoisotopic (exact) mass is 525 g/mol. The van der Waals surface area contributed by atoms with E-state index in [0.29, 0.717) is 38.6 Å². The van der Waals surface area contributed by atoms with Crippen molar-refractivity contribution in [3.8, 4) is 17.1 Å². The van der Waals surface area contributed by atoms with Gasteiger partial charge >= 0.3 is 0 Å². The third-order valence-electron chi connectivity index (χ3n) is 5.92. The van der Waals surface area contributed by atoms with E-state index in [1.807, 2.05) is 62.4 Å². The molecule has 1 aliphatic rings. The van der Waals surface area contributed by atoms with Gasteiger partial charge in [0.05, 0.1) is 33.9 Å². The highest BCUT2D eigenvalue weighted by molar-refractivity contribution is 8.19. The van der Waals surface area contributed by atoms with Crippen LogP contribution >= 0.6 is 11.8 Å². The Morgan fingerprint density at radius 2 is 1.66 bits per heavy atom. The molecule has 1 aliphatic heterocycles. The number of anilines is 1. The van der Waals surface area contributed by atoms with Gasteiger partial charge in [0.25, 0.3) is 11.6 Å². The van der Waals surface area contributed by atoms with E-state index in [2.05, 4.69) is 0 Å². The van der Waals surface area contributed by atoms with Crippen molar-refractivity contribution in [2.24, 2.45) is 4.99 Å². The number of aryl methyl sites for hydroxylation is 2. The molecule has 3 aromatic carbocycles. The largest absolute Gasteiger partial charge is 0.496 e. The fourth-order valence-electron chi connectivity index (χ4n) is 3.91. The van der Waals surface area contributed by atoms with E-state index in [-0.39, 0.29) is 11.6 Å². The Kier molecular flexibility index (Phi) is 6.85. The molecular weight excluding hydrogens is 502 g/mol. The topological polar surface area (TPSA) is 98.2 Å². The number of furan rings is 1. The zero-order chi connectivity index (χ0) is 26.8. The number of methoxy groups -OCH3 is 1. The van der Waals surface area contributed by atoms with Crippen LogP contribution in [0.1, 0.15) is 16.9 Å². The first-order valence-electron chi connectivity index (χ1n) is 11.7. The number of nitrogens with zero attached hydrogens (tertiary/aromatic N) is 3. The molecule has 9 heteroatoms. The van der Waals surface area contributed by atoms with Gasteiger partial charge in [-0.1, -0.05) is 35.4 Å². The van der Waals surface area contributed by atoms with E-state index in [1.54, 1.807) is 23.1 Å². The first-order chi connectivity index (χ1) is 18.3. The molecule has 4 aromatic rings. The predicted octanol–water partition coefficient (Wildman–Crippen LogP) is 7.29. The maximum atomic E-state index is 13.6. The molecule has 0 bridgehead atoms. The summed E-state index contributed by atoms with van der Waals surface area (Å²) in [7, 11) is 1.49. The standard InChI is InChI=1S/C29H23N3O5S/c1-18-4-8-20(9-5-18)30-29-31(21-10-6-19(2)7-11-21)28(33)27(38-29)17-23-13-15-26(37-23)24-16-22(32(34)35)12-14-25(24)36-3/h4-17H,1-3H3/b27-17+,30-29?. The van der Waals surface area contributed by atoms with E-state index in [9.17, 15) is 14.9 Å². The van der Waals surface area contributed by atoms with Crippen LogP contribution in [-0.4, -0.2) is 23.1 Å². The molecule has 1 amide bonds. The molecule has 1 saturated heterocycles. The summed E-state index contributed by atoms with van der Waals surface area (Å²) >= 11 is 1.25. The van der Waals surface area contributed by atoms with Gasteiger partial charge in [-0.3, -0.25) is 19.8 Å². The van der Waals surface area contributed by atoms with Gasteiger partial charge in [0, 0.05) is 18.2 Å². The highest BCUT2D eigenvalue weighted by atomic mass is 32.2. The van der Waals surface area contributed by atoms with E-state index in [1.165, 1.54) is 37.1 Å². The minimum absolute atomic E-state index is 0.0793. The molecule has 0 aliphatic carbocycles. The number of thioether (sulfide) groups is 1. The Labute approximate surface area is 223 Å². The number of benzene rings is 3. The second kappa shape index (κ2) is 10.4. The minimum Gasteiger partial charge on any atom is -0.496 e. The summed E-state index contributed by atoms with van der Waals surface area (Å²) in [6, 6.07) is 23.1. The number of ether oxygens (including phenoxy) is 1. The number of nitro groups is 1. The van der Waals surface area contributed by atoms with Crippen LogP contribution < -0.4 is 9.64 Å². The van der Waals surface area contributed by atoms with Gasteiger partial charge in [-0.2, -0.15) is 0 Å². The maximum absolute atomic E-state index is 13.6. The number of non-ortho nitro benzene ring substituents is 1. The van der Waals surface area contributed by atoms with Gasteiger partial charge in [-0.05, 0) is 68.1 Å². The number of carbonyl (C=O) groups excluding carboxylic acids is 1. The molecule has 0 saturated carbocycles. The third kappa shape index (κ3) is 5.09. The lowest BCUT2D eigenvalue weighted by Crippen LogP contribution is -2.28. The SMILES string of the molecule is COc1ccc([N+](=O)[O-])cc1-c1ccc(/C=C2/SC(=Nc3ccc(C)cc3)N(c3ccc(C)cc3)C2=O)o1. The molecule has 0 N–H and O–H groups in total. The minimum atomic E-state index is -0.475. The molecule has 1 fully saturated rings. The second-order valence-corrected chi connectivity index (χ2v) is 9.67. The highest BCUT2D eigenvalue weighted by Crippen LogP contribution is 2.39. The van der Waals surface area contributed by atoms with Gasteiger partial charge in [0.1, 0.15) is 17.3 Å². The molecule has 8 nitrogen and oxygen atoms in total. The van der Waals surface area contributed by atoms with Crippen LogP contribution in [0.5, 0.6) is 5.75 Å². The van der Waals surface area contributed by atoms with Crippen molar-refractivity contribution < 1.29 is 18.9 Å². The number of amides is 1. The fourth-order valence-corrected chi connectivity index (χ4v) is 4.89. The quantitative estimate of drug-likeness (QED) is 0.149. The third-order valence-corrected chi connectivity index (χ3v) is 6.89. The summed E-state index contributed by atoms with van der Waals surface area (Å²) in [6.45, 7) is 3.99. The molecule has 190 valence electrons. The van der Waals surface area contributed by atoms with Gasteiger partial charge in [0.15, 0.2) is 5.17 Å². The Morgan fingerprint density at radius 3 is 2.32 bits per heavy atom. The lowest BCUT2D eigenvalue weighted by atomic mass is 10.1. The summed E-state index contributed by atoms with van der Waals surface area (Å²) in [5.41, 5.74) is 4.02. The first kappa shape index (κ1) is 25.0. The zero-order valence-electron chi connectivity index (χ0n) is 20.9. The predicted molar refractivity (Wildman–Crippen MR) is 150 cm³/mol. The Balaban J connectivity index is 1.52. The summed E-state index contributed by atoms with van der Waals surface area (Å²) in [5.74, 6) is 1.02. The van der Waals surface area contributed by atoms with Crippen LogP contribution in [-0.2, 0) is 4.79 Å². The van der Waals surface area contributed by atoms with Crippen LogP contribution in [0.25, 0.3) is 17.4 Å². The highest BCUT2D eigenvalue weighted by Gasteiger charge is 2.35. The van der Waals surface area contributed by atoms with Gasteiger partial charge in [-0.25, -0.2) is 4.99 Å². The molecule has 0 radical (unpaired) electrons. The van der Waals surface area contributed by atoms with Crippen LogP contribution in [0, 0.1) is 24.0 Å². The van der Waals surface area contributed by atoms with Gasteiger partial charge < -0.3 is 9.15 Å². The van der Waals surface area contributed by atoms with Crippen molar-refractivity contribution in [1.29, 1.82) is 0 Å². The molecule has 1 aromatic heterocycles. The number of nitro benzene ring substituents is 1. The molecular formula is C29H23N3O5S. The number of hydrogen-bond acceptors (Lipinski definition) is 7. The average Bonchev–Trinajstić information content (AvgIpc) is 3.50. The van der Waals surface area contributed by atoms with Crippen LogP contribution in [0.15, 0.2) is 93.2 Å². The van der Waals surface area contributed by atoms with E-state index in [4.69, 9.17) is 14.1 Å². The average molecular weight is 526 g/mol. The number of aliphatic imine (C=N–C) groups is 1. The molecule has 0 unspecified atom stereocenters. The van der Waals surface area contributed by atoms with Crippen LogP contribution in [0.2, 0.25) is 0 Å². The van der Waals surface area contributed by atoms with Crippen molar-refractivity contribution in [1.82, 2.24) is 0 Å². The molecule has 38 heavy (non-hydrogen) atoms. The Hall–Kier alpha value is -4.63. The Morgan fingerprint density at radius 1 is 0.974 bits per heavy atom. The zero-order valence-corrected chi connectivity index (χ0v) is 21.7. The number of amidine groups is 1. The van der Waals surface area contributed by atoms with E-state index < -0.39 is 4.92 Å². The summed E-state index contributed by atoms with van der Waals surface area (Å²) < 4.78 is 11.3. The van der Waals surface area contributed by atoms with E-state index in [0.717, 1.165) is 16.8 Å². The lowest BCUT2D eigenvalue weighted by Gasteiger charge is -2.16. The smallest absolute Gasteiger partial charge is 0.271 e. The molecule has 0 spiro atoms. The fraction of sp³-hybridized carbons (Fsp3) is 0.103. The first-order valence-corrected chi connectivity index (χ1v) is 12.5. The van der Waals surface area contributed by atoms with Crippen LogP contribution in [0.4, 0.5) is 17.1 Å². The molecule has 2 heterocycles. The maximum Gasteiger partial charge on any atom is 0.271 e. The van der Waals surface area contributed by atoms with Gasteiger partial charge in [0.2, 0.25) is 0 Å².